The summed E-state index contributed by atoms with van der Waals surface area (Å²) in [6.07, 6.45) is -0.0747. The van der Waals surface area contributed by atoms with Gasteiger partial charge in [-0.3, -0.25) is 4.79 Å². The van der Waals surface area contributed by atoms with Crippen molar-refractivity contribution >= 4 is 12.1 Å². The first-order chi connectivity index (χ1) is 8.31. The lowest BCUT2D eigenvalue weighted by Crippen LogP contribution is -2.54. The van der Waals surface area contributed by atoms with Gasteiger partial charge in [-0.25, -0.2) is 4.79 Å². The van der Waals surface area contributed by atoms with Gasteiger partial charge >= 0.3 is 12.1 Å². The Hall–Kier alpha value is -1.30. The molecule has 1 atom stereocenters. The maximum Gasteiger partial charge on any atom is 0.410 e. The molecule has 1 amide bonds. The number of esters is 1. The highest BCUT2D eigenvalue weighted by atomic mass is 16.6. The summed E-state index contributed by atoms with van der Waals surface area (Å²) < 4.78 is 9.92. The Morgan fingerprint density at radius 3 is 2.61 bits per heavy atom. The Morgan fingerprint density at radius 2 is 2.06 bits per heavy atom. The average Bonchev–Trinajstić information content (AvgIpc) is 2.27. The number of carbonyl (C=O) groups is 2. The van der Waals surface area contributed by atoms with Gasteiger partial charge in [-0.2, -0.15) is 0 Å². The van der Waals surface area contributed by atoms with Crippen LogP contribution in [-0.2, 0) is 14.3 Å². The monoisotopic (exact) mass is 258 g/mol. The summed E-state index contributed by atoms with van der Waals surface area (Å²) in [5, 5.41) is 3.18. The van der Waals surface area contributed by atoms with Crippen LogP contribution in [0.4, 0.5) is 4.79 Å². The van der Waals surface area contributed by atoms with E-state index >= 15 is 0 Å². The number of nitrogens with zero attached hydrogens (tertiary/aromatic N) is 1. The van der Waals surface area contributed by atoms with Gasteiger partial charge in [-0.05, 0) is 20.8 Å². The van der Waals surface area contributed by atoms with Gasteiger partial charge in [0.2, 0.25) is 0 Å². The number of ether oxygens (including phenoxy) is 2. The normalized spacial score (nSPS) is 20.4. The van der Waals surface area contributed by atoms with E-state index in [-0.39, 0.29) is 24.5 Å². The highest BCUT2D eigenvalue weighted by molar-refractivity contribution is 5.71. The number of carbonyl (C=O) groups excluding carboxylic acids is 2. The number of methoxy groups -OCH3 is 1. The first-order valence-electron chi connectivity index (χ1n) is 6.10. The van der Waals surface area contributed by atoms with E-state index in [9.17, 15) is 9.59 Å². The zero-order valence-electron chi connectivity index (χ0n) is 11.5. The zero-order valence-corrected chi connectivity index (χ0v) is 11.5. The van der Waals surface area contributed by atoms with Crippen LogP contribution in [-0.4, -0.2) is 55.3 Å². The van der Waals surface area contributed by atoms with Crippen molar-refractivity contribution in [1.82, 2.24) is 10.2 Å². The van der Waals surface area contributed by atoms with Crippen LogP contribution in [0.3, 0.4) is 0 Å². The third-order valence-electron chi connectivity index (χ3n) is 2.55. The molecule has 6 nitrogen and oxygen atoms in total. The molecular formula is C12H22N2O4. The lowest BCUT2D eigenvalue weighted by Gasteiger charge is -2.34. The van der Waals surface area contributed by atoms with Gasteiger partial charge in [0.05, 0.1) is 13.5 Å². The predicted octanol–water partition coefficient (Wildman–Crippen LogP) is 0.758. The standard InChI is InChI=1S/C12H22N2O4/c1-12(2,3)18-11(16)14-6-5-13-9(8-14)7-10(15)17-4/h9,13H,5-8H2,1-4H3/t9-/m0/s1. The predicted molar refractivity (Wildman–Crippen MR) is 66.2 cm³/mol. The van der Waals surface area contributed by atoms with Crippen molar-refractivity contribution < 1.29 is 19.1 Å². The third-order valence-corrected chi connectivity index (χ3v) is 2.55. The lowest BCUT2D eigenvalue weighted by molar-refractivity contribution is -0.141. The Balaban J connectivity index is 2.48. The van der Waals surface area contributed by atoms with E-state index in [4.69, 9.17) is 4.74 Å². The first kappa shape index (κ1) is 14.8. The van der Waals surface area contributed by atoms with Crippen LogP contribution in [0.5, 0.6) is 0 Å². The smallest absolute Gasteiger partial charge is 0.410 e. The summed E-state index contributed by atoms with van der Waals surface area (Å²) in [7, 11) is 1.36. The van der Waals surface area contributed by atoms with E-state index in [1.54, 1.807) is 4.90 Å². The molecule has 0 saturated carbocycles. The van der Waals surface area contributed by atoms with Gasteiger partial charge in [-0.1, -0.05) is 0 Å². The molecule has 0 unspecified atom stereocenters. The molecule has 1 aliphatic rings. The molecule has 0 bridgehead atoms. The summed E-state index contributed by atoms with van der Waals surface area (Å²) in [5.74, 6) is -0.279. The van der Waals surface area contributed by atoms with Crippen LogP contribution in [0, 0.1) is 0 Å². The maximum atomic E-state index is 11.9. The molecule has 1 aliphatic heterocycles. The Morgan fingerprint density at radius 1 is 1.39 bits per heavy atom. The van der Waals surface area contributed by atoms with Gasteiger partial charge in [0.25, 0.3) is 0 Å². The number of piperazine rings is 1. The van der Waals surface area contributed by atoms with Gasteiger partial charge < -0.3 is 19.7 Å². The maximum absolute atomic E-state index is 11.9. The number of nitrogens with one attached hydrogen (secondary N) is 1. The van der Waals surface area contributed by atoms with E-state index in [0.717, 1.165) is 0 Å². The van der Waals surface area contributed by atoms with Crippen LogP contribution in [0.2, 0.25) is 0 Å². The second kappa shape index (κ2) is 6.04. The van der Waals surface area contributed by atoms with Crippen molar-refractivity contribution in [2.24, 2.45) is 0 Å². The topological polar surface area (TPSA) is 67.9 Å². The fraction of sp³-hybridized carbons (Fsp3) is 0.833. The second-order valence-corrected chi connectivity index (χ2v) is 5.36. The highest BCUT2D eigenvalue weighted by Gasteiger charge is 2.28. The third kappa shape index (κ3) is 4.91. The summed E-state index contributed by atoms with van der Waals surface area (Å²) >= 11 is 0. The van der Waals surface area contributed by atoms with E-state index in [1.807, 2.05) is 20.8 Å². The largest absolute Gasteiger partial charge is 0.469 e. The van der Waals surface area contributed by atoms with Crippen molar-refractivity contribution in [3.63, 3.8) is 0 Å². The molecule has 1 saturated heterocycles. The molecule has 104 valence electrons. The molecular weight excluding hydrogens is 236 g/mol. The van der Waals surface area contributed by atoms with Crippen molar-refractivity contribution in [2.45, 2.75) is 38.8 Å². The quantitative estimate of drug-likeness (QED) is 0.741. The number of hydrogen-bond donors (Lipinski definition) is 1. The molecule has 0 aromatic rings. The van der Waals surface area contributed by atoms with E-state index in [0.29, 0.717) is 19.6 Å². The zero-order chi connectivity index (χ0) is 13.8. The van der Waals surface area contributed by atoms with Crippen LogP contribution >= 0.6 is 0 Å². The van der Waals surface area contributed by atoms with Crippen LogP contribution in [0.15, 0.2) is 0 Å². The van der Waals surface area contributed by atoms with Crippen molar-refractivity contribution in [1.29, 1.82) is 0 Å². The Bertz CT molecular complexity index is 312. The van der Waals surface area contributed by atoms with Gasteiger partial charge in [0.1, 0.15) is 5.60 Å². The number of amides is 1. The van der Waals surface area contributed by atoms with Gasteiger partial charge in [0, 0.05) is 25.7 Å². The average molecular weight is 258 g/mol. The first-order valence-corrected chi connectivity index (χ1v) is 6.10. The fourth-order valence-corrected chi connectivity index (χ4v) is 1.74. The van der Waals surface area contributed by atoms with Crippen molar-refractivity contribution in [3.8, 4) is 0 Å². The fourth-order valence-electron chi connectivity index (χ4n) is 1.74. The van der Waals surface area contributed by atoms with E-state index in [1.165, 1.54) is 7.11 Å². The highest BCUT2D eigenvalue weighted by Crippen LogP contribution is 2.12. The molecule has 18 heavy (non-hydrogen) atoms. The lowest BCUT2D eigenvalue weighted by atomic mass is 10.1. The minimum absolute atomic E-state index is 0.0706. The van der Waals surface area contributed by atoms with Crippen molar-refractivity contribution in [3.05, 3.63) is 0 Å². The Kier molecular flexibility index (Phi) is 4.95. The molecule has 0 radical (unpaired) electrons. The molecule has 1 rings (SSSR count). The van der Waals surface area contributed by atoms with Crippen LogP contribution in [0.25, 0.3) is 0 Å². The Labute approximate surface area is 108 Å². The minimum atomic E-state index is -0.500. The molecule has 0 aromatic heterocycles. The number of hydrogen-bond acceptors (Lipinski definition) is 5. The van der Waals surface area contributed by atoms with Gasteiger partial charge in [-0.15, -0.1) is 0 Å². The van der Waals surface area contributed by atoms with E-state index < -0.39 is 5.60 Å². The summed E-state index contributed by atoms with van der Waals surface area (Å²) in [6.45, 7) is 7.20. The van der Waals surface area contributed by atoms with Crippen LogP contribution in [0.1, 0.15) is 27.2 Å². The molecule has 0 aliphatic carbocycles. The van der Waals surface area contributed by atoms with Crippen molar-refractivity contribution in [2.75, 3.05) is 26.7 Å². The van der Waals surface area contributed by atoms with Gasteiger partial charge in [0.15, 0.2) is 0 Å². The SMILES string of the molecule is COC(=O)C[C@H]1CN(C(=O)OC(C)(C)C)CCN1. The summed E-state index contributed by atoms with van der Waals surface area (Å²) in [4.78, 5) is 24.7. The van der Waals surface area contributed by atoms with E-state index in [2.05, 4.69) is 10.1 Å². The molecule has 1 heterocycles. The minimum Gasteiger partial charge on any atom is -0.469 e. The molecule has 1 N–H and O–H groups in total. The molecule has 0 aromatic carbocycles. The molecule has 6 heteroatoms. The molecule has 1 fully saturated rings. The number of rotatable bonds is 2. The second-order valence-electron chi connectivity index (χ2n) is 5.36. The van der Waals surface area contributed by atoms with Crippen LogP contribution < -0.4 is 5.32 Å². The molecule has 0 spiro atoms. The summed E-state index contributed by atoms with van der Waals surface area (Å²) in [6, 6.07) is -0.0706. The summed E-state index contributed by atoms with van der Waals surface area (Å²) in [5.41, 5.74) is -0.500.